The molecule has 0 fully saturated rings. The minimum Gasteiger partial charge on any atom is -0.317 e. The molecule has 40 heavy (non-hydrogen) atoms. The van der Waals surface area contributed by atoms with Crippen LogP contribution in [0.5, 0.6) is 0 Å². The first-order valence-corrected chi connectivity index (χ1v) is 14.5. The second-order valence-corrected chi connectivity index (χ2v) is 11.1. The molecule has 8 rings (SSSR count). The van der Waals surface area contributed by atoms with Gasteiger partial charge in [0.15, 0.2) is 0 Å². The first-order valence-electron chi connectivity index (χ1n) is 14.5. The van der Waals surface area contributed by atoms with E-state index in [-0.39, 0.29) is 0 Å². The Morgan fingerprint density at radius 2 is 1.10 bits per heavy atom. The molecule has 2 aliphatic carbocycles. The van der Waals surface area contributed by atoms with Crippen molar-refractivity contribution in [3.63, 3.8) is 0 Å². The molecule has 1 aromatic heterocycles. The van der Waals surface area contributed by atoms with Gasteiger partial charge in [-0.3, -0.25) is 0 Å². The molecular formula is C39H31N. The van der Waals surface area contributed by atoms with Gasteiger partial charge in [-0.15, -0.1) is 0 Å². The molecule has 6 aromatic rings. The van der Waals surface area contributed by atoms with Crippen LogP contribution < -0.4 is 0 Å². The minimum atomic E-state index is 1.09. The fourth-order valence-electron chi connectivity index (χ4n) is 7.12. The van der Waals surface area contributed by atoms with Crippen molar-refractivity contribution < 1.29 is 0 Å². The highest BCUT2D eigenvalue weighted by Gasteiger charge is 2.24. The van der Waals surface area contributed by atoms with Crippen LogP contribution in [-0.4, -0.2) is 4.57 Å². The lowest BCUT2D eigenvalue weighted by Crippen LogP contribution is -2.07. The van der Waals surface area contributed by atoms with E-state index in [1.807, 2.05) is 0 Å². The predicted octanol–water partition coefficient (Wildman–Crippen LogP) is 10.3. The summed E-state index contributed by atoms with van der Waals surface area (Å²) in [5.74, 6) is 0. The molecule has 0 spiro atoms. The Hall–Kier alpha value is -4.62. The summed E-state index contributed by atoms with van der Waals surface area (Å²) in [4.78, 5) is 0. The van der Waals surface area contributed by atoms with Crippen LogP contribution in [0.1, 0.15) is 40.9 Å². The highest BCUT2D eigenvalue weighted by Crippen LogP contribution is 2.45. The van der Waals surface area contributed by atoms with Gasteiger partial charge in [0.05, 0.1) is 0 Å². The van der Waals surface area contributed by atoms with Gasteiger partial charge < -0.3 is 4.57 Å². The van der Waals surface area contributed by atoms with Crippen molar-refractivity contribution in [3.8, 4) is 27.9 Å². The molecule has 0 unspecified atom stereocenters. The molecule has 5 aromatic carbocycles. The fraction of sp³-hybridized carbons (Fsp3) is 0.128. The van der Waals surface area contributed by atoms with Crippen LogP contribution in [0.25, 0.3) is 61.6 Å². The summed E-state index contributed by atoms with van der Waals surface area (Å²) in [5.41, 5.74) is 13.6. The molecule has 0 amide bonds. The molecule has 0 saturated heterocycles. The molecule has 0 saturated carbocycles. The summed E-state index contributed by atoms with van der Waals surface area (Å²) in [5, 5.41) is 5.22. The number of allylic oxidation sites excluding steroid dienone is 2. The number of hydrogen-bond acceptors (Lipinski definition) is 0. The summed E-state index contributed by atoms with van der Waals surface area (Å²) in [6.07, 6.45) is 13.8. The summed E-state index contributed by atoms with van der Waals surface area (Å²) in [6.45, 7) is 2.22. The predicted molar refractivity (Wildman–Crippen MR) is 171 cm³/mol. The largest absolute Gasteiger partial charge is 0.317 e. The molecular weight excluding hydrogens is 482 g/mol. The van der Waals surface area contributed by atoms with Crippen LogP contribution in [0, 0.1) is 6.92 Å². The molecule has 0 atom stereocenters. The quantitative estimate of drug-likeness (QED) is 0.207. The van der Waals surface area contributed by atoms with Crippen molar-refractivity contribution >= 4 is 33.7 Å². The van der Waals surface area contributed by atoms with E-state index < -0.39 is 0 Å². The molecule has 1 heteroatoms. The zero-order chi connectivity index (χ0) is 26.6. The lowest BCUT2D eigenvalue weighted by atomic mass is 9.85. The average molecular weight is 514 g/mol. The van der Waals surface area contributed by atoms with Gasteiger partial charge in [-0.05, 0) is 94.1 Å². The maximum absolute atomic E-state index is 2.58. The minimum absolute atomic E-state index is 1.09. The maximum Gasteiger partial charge on any atom is 0.0461 e. The van der Waals surface area contributed by atoms with Gasteiger partial charge in [0, 0.05) is 28.2 Å². The first kappa shape index (κ1) is 23.3. The van der Waals surface area contributed by atoms with Crippen LogP contribution >= 0.6 is 0 Å². The normalized spacial score (nSPS) is 14.0. The molecule has 0 radical (unpaired) electrons. The topological polar surface area (TPSA) is 4.93 Å². The van der Waals surface area contributed by atoms with Crippen molar-refractivity contribution in [3.05, 3.63) is 137 Å². The molecule has 0 aliphatic heterocycles. The van der Waals surface area contributed by atoms with Crippen LogP contribution in [0.2, 0.25) is 0 Å². The van der Waals surface area contributed by atoms with Gasteiger partial charge >= 0.3 is 0 Å². The van der Waals surface area contributed by atoms with Crippen LogP contribution in [0.3, 0.4) is 0 Å². The number of hydrogen-bond donors (Lipinski definition) is 0. The van der Waals surface area contributed by atoms with Crippen LogP contribution in [0.15, 0.2) is 109 Å². The Kier molecular flexibility index (Phi) is 5.38. The van der Waals surface area contributed by atoms with E-state index in [1.165, 1.54) is 77.6 Å². The Balaban J connectivity index is 1.42. The lowest BCUT2D eigenvalue weighted by molar-refractivity contribution is 0.814. The van der Waals surface area contributed by atoms with Gasteiger partial charge in [0.2, 0.25) is 0 Å². The first-order chi connectivity index (χ1) is 19.8. The number of nitrogens with zero attached hydrogens (tertiary/aromatic N) is 1. The number of benzene rings is 5. The zero-order valence-corrected chi connectivity index (χ0v) is 22.8. The van der Waals surface area contributed by atoms with E-state index in [4.69, 9.17) is 0 Å². The standard InChI is InChI=1S/C39H31N/c1-26-13-2-3-16-29(26)39-34-21-6-4-19-32(34)38(33-20-5-7-22-35(33)39)27-14-12-15-28(25-27)40-36-23-10-8-17-30(36)31-18-9-11-24-37(31)40/h2-9,12-22,25H,10-11,23-24H2,1H3. The summed E-state index contributed by atoms with van der Waals surface area (Å²) in [7, 11) is 0. The Bertz CT molecular complexity index is 1920. The molecule has 0 N–H and O–H groups in total. The van der Waals surface area contributed by atoms with Crippen molar-refractivity contribution in [1.82, 2.24) is 4.57 Å². The number of fused-ring (bicyclic) bond motifs is 5. The second kappa shape index (κ2) is 9.24. The van der Waals surface area contributed by atoms with E-state index in [9.17, 15) is 0 Å². The molecule has 2 aliphatic rings. The SMILES string of the molecule is Cc1ccccc1-c1c2ccccc2c(-c2cccc(-n3c4c(c5c3CCC=C5)C=CCC4)c2)c2ccccc12. The molecule has 1 heterocycles. The van der Waals surface area contributed by atoms with Crippen molar-refractivity contribution in [2.75, 3.05) is 0 Å². The van der Waals surface area contributed by atoms with E-state index in [2.05, 4.69) is 133 Å². The number of rotatable bonds is 3. The van der Waals surface area contributed by atoms with Gasteiger partial charge in [-0.25, -0.2) is 0 Å². The lowest BCUT2D eigenvalue weighted by Gasteiger charge is -2.20. The highest BCUT2D eigenvalue weighted by atomic mass is 15.0. The third kappa shape index (κ3) is 3.47. The summed E-state index contributed by atoms with van der Waals surface area (Å²) < 4.78 is 2.58. The van der Waals surface area contributed by atoms with Crippen molar-refractivity contribution in [2.45, 2.75) is 32.6 Å². The third-order valence-corrected chi connectivity index (χ3v) is 8.86. The second-order valence-electron chi connectivity index (χ2n) is 11.1. The number of aromatic nitrogens is 1. The van der Waals surface area contributed by atoms with Crippen molar-refractivity contribution in [2.24, 2.45) is 0 Å². The van der Waals surface area contributed by atoms with Gasteiger partial charge in [-0.1, -0.05) is 109 Å². The monoisotopic (exact) mass is 513 g/mol. The Morgan fingerprint density at radius 3 is 1.70 bits per heavy atom. The Labute approximate surface area is 235 Å². The van der Waals surface area contributed by atoms with Gasteiger partial charge in [0.25, 0.3) is 0 Å². The van der Waals surface area contributed by atoms with E-state index in [1.54, 1.807) is 0 Å². The van der Waals surface area contributed by atoms with E-state index >= 15 is 0 Å². The Morgan fingerprint density at radius 1 is 0.550 bits per heavy atom. The smallest absolute Gasteiger partial charge is 0.0461 e. The van der Waals surface area contributed by atoms with Crippen LogP contribution in [0.4, 0.5) is 0 Å². The van der Waals surface area contributed by atoms with Gasteiger partial charge in [-0.2, -0.15) is 0 Å². The molecule has 0 bridgehead atoms. The maximum atomic E-state index is 2.58. The summed E-state index contributed by atoms with van der Waals surface area (Å²) >= 11 is 0. The third-order valence-electron chi connectivity index (χ3n) is 8.86. The van der Waals surface area contributed by atoms with Crippen molar-refractivity contribution in [1.29, 1.82) is 0 Å². The highest BCUT2D eigenvalue weighted by molar-refractivity contribution is 6.21. The summed E-state index contributed by atoms with van der Waals surface area (Å²) in [6, 6.07) is 36.0. The fourth-order valence-corrected chi connectivity index (χ4v) is 7.12. The van der Waals surface area contributed by atoms with Crippen LogP contribution in [-0.2, 0) is 12.8 Å². The number of aryl methyl sites for hydroxylation is 1. The molecule has 1 nitrogen and oxygen atoms in total. The zero-order valence-electron chi connectivity index (χ0n) is 22.8. The van der Waals surface area contributed by atoms with E-state index in [0.717, 1.165) is 25.7 Å². The molecule has 192 valence electrons. The van der Waals surface area contributed by atoms with Gasteiger partial charge in [0.1, 0.15) is 0 Å². The average Bonchev–Trinajstić information content (AvgIpc) is 3.35. The van der Waals surface area contributed by atoms with E-state index in [0.29, 0.717) is 0 Å².